The van der Waals surface area contributed by atoms with Gasteiger partial charge in [0, 0.05) is 25.4 Å². The van der Waals surface area contributed by atoms with E-state index < -0.39 is 15.6 Å². The predicted molar refractivity (Wildman–Crippen MR) is 109 cm³/mol. The zero-order valence-electron chi connectivity index (χ0n) is 15.1. The number of hydrogen-bond acceptors (Lipinski definition) is 3. The molecule has 6 nitrogen and oxygen atoms in total. The number of hydrogen-bond donors (Lipinski definition) is 0. The summed E-state index contributed by atoms with van der Waals surface area (Å²) in [6, 6.07) is 11.3. The molecule has 0 bridgehead atoms. The number of anilines is 1. The summed E-state index contributed by atoms with van der Waals surface area (Å²) in [6.45, 7) is 4.53. The number of sulfonamides is 1. The van der Waals surface area contributed by atoms with Crippen LogP contribution < -0.4 is 9.86 Å². The largest absolute Gasteiger partial charge is 0.291 e. The Labute approximate surface area is 167 Å². The van der Waals surface area contributed by atoms with E-state index in [-0.39, 0.29) is 26.9 Å². The summed E-state index contributed by atoms with van der Waals surface area (Å²) < 4.78 is 29.4. The first kappa shape index (κ1) is 19.8. The van der Waals surface area contributed by atoms with Gasteiger partial charge in [0.05, 0.1) is 26.5 Å². The summed E-state index contributed by atoms with van der Waals surface area (Å²) in [6.07, 6.45) is 0. The van der Waals surface area contributed by atoms with Crippen molar-refractivity contribution in [1.82, 2.24) is 8.88 Å². The minimum Gasteiger partial charge on any atom is -0.268 e. The number of rotatable bonds is 5. The van der Waals surface area contributed by atoms with Crippen LogP contribution in [0.15, 0.2) is 52.2 Å². The van der Waals surface area contributed by atoms with Gasteiger partial charge < -0.3 is 0 Å². The second-order valence-corrected chi connectivity index (χ2v) is 9.29. The maximum atomic E-state index is 12.9. The van der Waals surface area contributed by atoms with Crippen molar-refractivity contribution in [3.63, 3.8) is 0 Å². The lowest BCUT2D eigenvalue weighted by Gasteiger charge is -2.21. The Morgan fingerprint density at radius 2 is 1.74 bits per heavy atom. The van der Waals surface area contributed by atoms with Gasteiger partial charge in [0.1, 0.15) is 0 Å². The van der Waals surface area contributed by atoms with E-state index in [1.165, 1.54) is 19.2 Å². The number of benzene rings is 2. The van der Waals surface area contributed by atoms with E-state index in [0.717, 1.165) is 8.51 Å². The Balaban J connectivity index is 2.19. The fourth-order valence-electron chi connectivity index (χ4n) is 2.91. The molecule has 9 heteroatoms. The lowest BCUT2D eigenvalue weighted by Crippen LogP contribution is -2.27. The van der Waals surface area contributed by atoms with Gasteiger partial charge in [-0.05, 0) is 30.2 Å². The molecule has 0 fully saturated rings. The van der Waals surface area contributed by atoms with Gasteiger partial charge in [-0.15, -0.1) is 0 Å². The predicted octanol–water partition coefficient (Wildman–Crippen LogP) is 3.94. The molecule has 0 radical (unpaired) electrons. The van der Waals surface area contributed by atoms with Gasteiger partial charge in [-0.2, -0.15) is 4.20 Å². The molecule has 1 heterocycles. The van der Waals surface area contributed by atoms with Gasteiger partial charge >= 0.3 is 0 Å². The highest BCUT2D eigenvalue weighted by Gasteiger charge is 2.26. The molecular weight excluding hydrogens is 409 g/mol. The molecule has 0 aliphatic rings. The zero-order valence-corrected chi connectivity index (χ0v) is 17.4. The molecule has 0 aliphatic carbocycles. The summed E-state index contributed by atoms with van der Waals surface area (Å²) >= 11 is 12.6. The van der Waals surface area contributed by atoms with Crippen LogP contribution in [-0.4, -0.2) is 24.3 Å². The third kappa shape index (κ3) is 3.35. The number of nitrogens with zero attached hydrogens (tertiary/aromatic N) is 3. The van der Waals surface area contributed by atoms with Crippen molar-refractivity contribution < 1.29 is 8.42 Å². The van der Waals surface area contributed by atoms with Crippen molar-refractivity contribution in [3.8, 4) is 0 Å². The second-order valence-electron chi connectivity index (χ2n) is 6.62. The Morgan fingerprint density at radius 1 is 1.11 bits per heavy atom. The summed E-state index contributed by atoms with van der Waals surface area (Å²) in [5.41, 5.74) is 0.289. The summed E-state index contributed by atoms with van der Waals surface area (Å²) in [4.78, 5) is 12.7. The molecule has 0 amide bonds. The average Bonchev–Trinajstić information content (AvgIpc) is 2.87. The number of aromatic nitrogens is 2. The lowest BCUT2D eigenvalue weighted by atomic mass is 10.2. The summed E-state index contributed by atoms with van der Waals surface area (Å²) in [7, 11) is -2.42. The van der Waals surface area contributed by atoms with Crippen LogP contribution in [-0.2, 0) is 16.6 Å². The first-order valence-electron chi connectivity index (χ1n) is 8.30. The molecule has 144 valence electrons. The van der Waals surface area contributed by atoms with E-state index in [2.05, 4.69) is 0 Å². The van der Waals surface area contributed by atoms with Crippen molar-refractivity contribution in [3.05, 3.63) is 57.8 Å². The SMILES string of the molecule is CC(C)Cn1c2ccc(N(C)S(=O)(=O)c3ccccc3)c(Cl)c2c(=O)n1Cl. The Bertz CT molecular complexity index is 1150. The second kappa shape index (κ2) is 7.22. The Kier molecular flexibility index (Phi) is 5.29. The Hall–Kier alpha value is -1.96. The van der Waals surface area contributed by atoms with Gasteiger partial charge in [-0.1, -0.05) is 43.6 Å². The highest BCUT2D eigenvalue weighted by Crippen LogP contribution is 2.34. The van der Waals surface area contributed by atoms with Crippen LogP contribution in [0.5, 0.6) is 0 Å². The number of fused-ring (bicyclic) bond motifs is 1. The monoisotopic (exact) mass is 427 g/mol. The molecule has 3 aromatic rings. The molecule has 27 heavy (non-hydrogen) atoms. The molecule has 0 saturated carbocycles. The van der Waals surface area contributed by atoms with E-state index in [9.17, 15) is 13.2 Å². The molecule has 1 aromatic heterocycles. The van der Waals surface area contributed by atoms with Crippen molar-refractivity contribution in [2.24, 2.45) is 5.92 Å². The molecule has 0 N–H and O–H groups in total. The zero-order chi connectivity index (χ0) is 19.9. The highest BCUT2D eigenvalue weighted by atomic mass is 35.5. The maximum absolute atomic E-state index is 12.9. The van der Waals surface area contributed by atoms with E-state index >= 15 is 0 Å². The van der Waals surface area contributed by atoms with Crippen LogP contribution in [0.1, 0.15) is 13.8 Å². The fourth-order valence-corrected chi connectivity index (χ4v) is 4.78. The van der Waals surface area contributed by atoms with E-state index in [1.807, 2.05) is 13.8 Å². The van der Waals surface area contributed by atoms with Crippen LogP contribution in [0, 0.1) is 5.92 Å². The van der Waals surface area contributed by atoms with Gasteiger partial charge in [-0.25, -0.2) is 8.42 Å². The number of halogens is 2. The van der Waals surface area contributed by atoms with E-state index in [0.29, 0.717) is 12.1 Å². The molecule has 3 rings (SSSR count). The average molecular weight is 428 g/mol. The lowest BCUT2D eigenvalue weighted by molar-refractivity contribution is 0.477. The molecule has 0 aliphatic heterocycles. The van der Waals surface area contributed by atoms with Gasteiger partial charge in [-0.3, -0.25) is 13.8 Å². The molecular formula is C18H19Cl2N3O3S. The topological polar surface area (TPSA) is 64.3 Å². The van der Waals surface area contributed by atoms with E-state index in [1.54, 1.807) is 35.0 Å². The first-order valence-corrected chi connectivity index (χ1v) is 10.5. The van der Waals surface area contributed by atoms with E-state index in [4.69, 9.17) is 23.4 Å². The standard InChI is InChI=1S/C18H19Cl2N3O3S/c1-12(2)11-22-14-9-10-15(17(19)16(14)18(24)23(22)20)21(3)27(25,26)13-7-5-4-6-8-13/h4-10,12H,11H2,1-3H3. The van der Waals surface area contributed by atoms with Crippen molar-refractivity contribution in [2.45, 2.75) is 25.3 Å². The third-order valence-corrected chi connectivity index (χ3v) is 6.75. The quantitative estimate of drug-likeness (QED) is 0.619. The molecule has 0 saturated heterocycles. The van der Waals surface area contributed by atoms with Crippen LogP contribution in [0.2, 0.25) is 5.02 Å². The van der Waals surface area contributed by atoms with Crippen molar-refractivity contribution in [1.29, 1.82) is 0 Å². The van der Waals surface area contributed by atoms with Gasteiger partial charge in [0.15, 0.2) is 0 Å². The highest BCUT2D eigenvalue weighted by molar-refractivity contribution is 7.92. The minimum atomic E-state index is -3.82. The maximum Gasteiger partial charge on any atom is 0.291 e. The van der Waals surface area contributed by atoms with Crippen LogP contribution >= 0.6 is 23.4 Å². The van der Waals surface area contributed by atoms with Crippen molar-refractivity contribution in [2.75, 3.05) is 11.4 Å². The molecule has 0 spiro atoms. The normalized spacial score (nSPS) is 12.1. The fraction of sp³-hybridized carbons (Fsp3) is 0.278. The molecule has 0 unspecified atom stereocenters. The van der Waals surface area contributed by atoms with Crippen molar-refractivity contribution >= 4 is 50.0 Å². The van der Waals surface area contributed by atoms with Crippen LogP contribution in [0.4, 0.5) is 5.69 Å². The smallest absolute Gasteiger partial charge is 0.268 e. The van der Waals surface area contributed by atoms with Gasteiger partial charge in [0.25, 0.3) is 15.6 Å². The summed E-state index contributed by atoms with van der Waals surface area (Å²) in [5.74, 6) is 0.254. The summed E-state index contributed by atoms with van der Waals surface area (Å²) in [5, 5.41) is 0.247. The molecule has 0 atom stereocenters. The van der Waals surface area contributed by atoms with Crippen LogP contribution in [0.25, 0.3) is 10.9 Å². The van der Waals surface area contributed by atoms with Crippen LogP contribution in [0.3, 0.4) is 0 Å². The Morgan fingerprint density at radius 3 is 2.33 bits per heavy atom. The first-order chi connectivity index (χ1) is 12.7. The third-order valence-electron chi connectivity index (χ3n) is 4.25. The molecule has 2 aromatic carbocycles. The van der Waals surface area contributed by atoms with Gasteiger partial charge in [0.2, 0.25) is 0 Å². The minimum absolute atomic E-state index is 0.0522.